The molecule has 2 bridgehead atoms. The SMILES string of the molecule is O=C(O)N1CC2CC1(C(=O)O)C2. The fraction of sp³-hybridized carbons (Fsp3) is 0.714. The molecule has 5 heteroatoms. The molecule has 0 spiro atoms. The van der Waals surface area contributed by atoms with Crippen molar-refractivity contribution in [3.63, 3.8) is 0 Å². The largest absolute Gasteiger partial charge is 0.479 e. The molecule has 2 heterocycles. The number of amides is 1. The van der Waals surface area contributed by atoms with Gasteiger partial charge in [-0.25, -0.2) is 9.59 Å². The quantitative estimate of drug-likeness (QED) is 0.591. The van der Waals surface area contributed by atoms with Crippen molar-refractivity contribution >= 4 is 12.1 Å². The van der Waals surface area contributed by atoms with Gasteiger partial charge in [0, 0.05) is 6.54 Å². The molecule has 0 atom stereocenters. The second-order valence-electron chi connectivity index (χ2n) is 3.50. The Balaban J connectivity index is 2.27. The van der Waals surface area contributed by atoms with Crippen LogP contribution < -0.4 is 0 Å². The van der Waals surface area contributed by atoms with E-state index >= 15 is 0 Å². The summed E-state index contributed by atoms with van der Waals surface area (Å²) in [6, 6.07) is 0. The van der Waals surface area contributed by atoms with E-state index in [1.807, 2.05) is 0 Å². The lowest BCUT2D eigenvalue weighted by molar-refractivity contribution is -0.151. The number of carboxylic acid groups (broad SMARTS) is 2. The lowest BCUT2D eigenvalue weighted by Gasteiger charge is -2.36. The minimum Gasteiger partial charge on any atom is -0.479 e. The highest BCUT2D eigenvalue weighted by atomic mass is 16.4. The van der Waals surface area contributed by atoms with Crippen LogP contribution in [0.2, 0.25) is 0 Å². The molecule has 0 aromatic heterocycles. The predicted octanol–water partition coefficient (Wildman–Crippen LogP) is 0.213. The second kappa shape index (κ2) is 1.91. The number of nitrogens with zero attached hydrogens (tertiary/aromatic N) is 1. The maximum absolute atomic E-state index is 10.8. The Labute approximate surface area is 68.6 Å². The van der Waals surface area contributed by atoms with E-state index in [1.54, 1.807) is 0 Å². The summed E-state index contributed by atoms with van der Waals surface area (Å²) in [4.78, 5) is 22.4. The van der Waals surface area contributed by atoms with Gasteiger partial charge in [-0.3, -0.25) is 4.90 Å². The Kier molecular flexibility index (Phi) is 1.18. The zero-order valence-electron chi connectivity index (χ0n) is 6.36. The van der Waals surface area contributed by atoms with Crippen molar-refractivity contribution < 1.29 is 19.8 Å². The third-order valence-corrected chi connectivity index (χ3v) is 2.84. The van der Waals surface area contributed by atoms with E-state index in [9.17, 15) is 9.59 Å². The first-order valence-corrected chi connectivity index (χ1v) is 3.80. The minimum absolute atomic E-state index is 0.275. The molecule has 0 aromatic rings. The molecule has 3 aliphatic rings. The van der Waals surface area contributed by atoms with Gasteiger partial charge in [-0.2, -0.15) is 0 Å². The number of hydrogen-bond donors (Lipinski definition) is 2. The van der Waals surface area contributed by atoms with E-state index in [4.69, 9.17) is 10.2 Å². The summed E-state index contributed by atoms with van der Waals surface area (Å²) in [6.07, 6.45) is -0.124. The smallest absolute Gasteiger partial charge is 0.408 e. The summed E-state index contributed by atoms with van der Waals surface area (Å²) in [6.45, 7) is 0.391. The van der Waals surface area contributed by atoms with Crippen molar-refractivity contribution in [3.8, 4) is 0 Å². The molecule has 2 aliphatic heterocycles. The molecular formula is C7H9NO4. The third-order valence-electron chi connectivity index (χ3n) is 2.84. The van der Waals surface area contributed by atoms with Gasteiger partial charge in [0.15, 0.2) is 0 Å². The lowest BCUT2D eigenvalue weighted by atomic mass is 9.73. The minimum atomic E-state index is -1.11. The Morgan fingerprint density at radius 2 is 1.92 bits per heavy atom. The van der Waals surface area contributed by atoms with Crippen molar-refractivity contribution in [1.29, 1.82) is 0 Å². The molecule has 2 N–H and O–H groups in total. The van der Waals surface area contributed by atoms with Gasteiger partial charge >= 0.3 is 12.1 Å². The van der Waals surface area contributed by atoms with Gasteiger partial charge in [0.25, 0.3) is 0 Å². The van der Waals surface area contributed by atoms with Crippen LogP contribution in [0.5, 0.6) is 0 Å². The summed E-state index contributed by atoms with van der Waals surface area (Å²) in [5.41, 5.74) is -1.07. The molecule has 0 aromatic carbocycles. The van der Waals surface area contributed by atoms with Crippen molar-refractivity contribution in [2.24, 2.45) is 5.92 Å². The van der Waals surface area contributed by atoms with Gasteiger partial charge in [0.05, 0.1) is 0 Å². The summed E-state index contributed by atoms with van der Waals surface area (Å²) in [7, 11) is 0. The average Bonchev–Trinajstić information content (AvgIpc) is 2.35. The van der Waals surface area contributed by atoms with E-state index < -0.39 is 17.6 Å². The fourth-order valence-corrected chi connectivity index (χ4v) is 2.23. The van der Waals surface area contributed by atoms with Crippen LogP contribution in [0.3, 0.4) is 0 Å². The third kappa shape index (κ3) is 0.634. The van der Waals surface area contributed by atoms with Gasteiger partial charge in [0.2, 0.25) is 0 Å². The van der Waals surface area contributed by atoms with Crippen LogP contribution in [0.4, 0.5) is 4.79 Å². The molecule has 66 valence electrons. The zero-order chi connectivity index (χ0) is 8.93. The monoisotopic (exact) mass is 171 g/mol. The maximum Gasteiger partial charge on any atom is 0.408 e. The van der Waals surface area contributed by atoms with Crippen molar-refractivity contribution in [3.05, 3.63) is 0 Å². The first-order chi connectivity index (χ1) is 5.56. The molecular weight excluding hydrogens is 162 g/mol. The van der Waals surface area contributed by atoms with E-state index in [2.05, 4.69) is 0 Å². The van der Waals surface area contributed by atoms with Crippen LogP contribution in [0.1, 0.15) is 12.8 Å². The van der Waals surface area contributed by atoms with E-state index in [0.717, 1.165) is 4.90 Å². The molecule has 1 saturated carbocycles. The first-order valence-electron chi connectivity index (χ1n) is 3.80. The molecule has 5 nitrogen and oxygen atoms in total. The Bertz CT molecular complexity index is 253. The molecule has 3 fully saturated rings. The lowest BCUT2D eigenvalue weighted by Crippen LogP contribution is -2.54. The van der Waals surface area contributed by atoms with Crippen LogP contribution in [-0.4, -0.2) is 39.3 Å². The van der Waals surface area contributed by atoms with Gasteiger partial charge in [0.1, 0.15) is 5.54 Å². The van der Waals surface area contributed by atoms with Crippen molar-refractivity contribution in [1.82, 2.24) is 4.90 Å². The van der Waals surface area contributed by atoms with E-state index in [-0.39, 0.29) is 5.92 Å². The maximum atomic E-state index is 10.8. The van der Waals surface area contributed by atoms with Crippen LogP contribution >= 0.6 is 0 Å². The predicted molar refractivity (Wildman–Crippen MR) is 37.8 cm³/mol. The number of aliphatic carboxylic acids is 1. The number of hydrogen-bond acceptors (Lipinski definition) is 2. The van der Waals surface area contributed by atoms with Gasteiger partial charge in [-0.1, -0.05) is 0 Å². The van der Waals surface area contributed by atoms with Crippen LogP contribution in [0, 0.1) is 5.92 Å². The molecule has 12 heavy (non-hydrogen) atoms. The first kappa shape index (κ1) is 7.39. The van der Waals surface area contributed by atoms with E-state index in [1.165, 1.54) is 0 Å². The summed E-state index contributed by atoms with van der Waals surface area (Å²) < 4.78 is 0. The molecule has 1 aliphatic carbocycles. The number of carboxylic acids is 1. The Morgan fingerprint density at radius 1 is 1.33 bits per heavy atom. The van der Waals surface area contributed by atoms with E-state index in [0.29, 0.717) is 19.4 Å². The fourth-order valence-electron chi connectivity index (χ4n) is 2.23. The van der Waals surface area contributed by atoms with Crippen LogP contribution in [0.25, 0.3) is 0 Å². The molecule has 0 unspecified atom stereocenters. The van der Waals surface area contributed by atoms with Crippen molar-refractivity contribution in [2.45, 2.75) is 18.4 Å². The summed E-state index contributed by atoms with van der Waals surface area (Å²) in [5.74, 6) is -0.726. The second-order valence-corrected chi connectivity index (χ2v) is 3.50. The van der Waals surface area contributed by atoms with Crippen LogP contribution in [0.15, 0.2) is 0 Å². The summed E-state index contributed by atoms with van der Waals surface area (Å²) in [5, 5.41) is 17.5. The van der Waals surface area contributed by atoms with Gasteiger partial charge < -0.3 is 10.2 Å². The standard InChI is InChI=1S/C7H9NO4/c9-5(10)7-1-4(2-7)3-8(7)6(11)12/h4H,1-3H2,(H,9,10)(H,11,12). The Hall–Kier alpha value is -1.26. The Morgan fingerprint density at radius 3 is 2.25 bits per heavy atom. The highest BCUT2D eigenvalue weighted by Gasteiger charge is 2.63. The number of carbonyl (C=O) groups is 2. The zero-order valence-corrected chi connectivity index (χ0v) is 6.36. The average molecular weight is 171 g/mol. The number of rotatable bonds is 1. The highest BCUT2D eigenvalue weighted by molar-refractivity contribution is 5.86. The molecule has 1 amide bonds. The molecule has 2 saturated heterocycles. The van der Waals surface area contributed by atoms with Gasteiger partial charge in [-0.15, -0.1) is 0 Å². The summed E-state index contributed by atoms with van der Waals surface area (Å²) >= 11 is 0. The molecule has 3 rings (SSSR count). The number of fused-ring (bicyclic) bond motifs is 1. The molecule has 0 radical (unpaired) electrons. The highest BCUT2D eigenvalue weighted by Crippen LogP contribution is 2.50. The van der Waals surface area contributed by atoms with Crippen molar-refractivity contribution in [2.75, 3.05) is 6.54 Å². The van der Waals surface area contributed by atoms with Gasteiger partial charge in [-0.05, 0) is 18.8 Å². The normalized spacial score (nSPS) is 37.7. The van der Waals surface area contributed by atoms with Crippen LogP contribution in [-0.2, 0) is 4.79 Å². The topological polar surface area (TPSA) is 77.8 Å².